The third-order valence-electron chi connectivity index (χ3n) is 2.10. The quantitative estimate of drug-likeness (QED) is 0.435. The molecule has 0 aliphatic heterocycles. The number of unbranched alkanes of at least 4 members (excludes halogenated alkanes) is 2. The summed E-state index contributed by atoms with van der Waals surface area (Å²) in [5.74, 6) is 0.828. The molecule has 1 nitrogen and oxygen atoms in total. The second kappa shape index (κ2) is 8.79. The van der Waals surface area contributed by atoms with Crippen molar-refractivity contribution >= 4 is 0 Å². The monoisotopic (exact) mass is 169 g/mol. The second-order valence-corrected chi connectivity index (χ2v) is 3.49. The topological polar surface area (TPSA) is 12.0 Å². The summed E-state index contributed by atoms with van der Waals surface area (Å²) in [5, 5.41) is 3.37. The Kier molecular flexibility index (Phi) is 8.57. The molecule has 0 aliphatic rings. The Labute approximate surface area is 77.2 Å². The van der Waals surface area contributed by atoms with Gasteiger partial charge >= 0.3 is 0 Å². The van der Waals surface area contributed by atoms with Gasteiger partial charge in [-0.15, -0.1) is 6.58 Å². The van der Waals surface area contributed by atoms with Crippen LogP contribution in [0.1, 0.15) is 39.5 Å². The zero-order valence-corrected chi connectivity index (χ0v) is 8.60. The third kappa shape index (κ3) is 7.80. The van der Waals surface area contributed by atoms with Gasteiger partial charge in [-0.2, -0.15) is 0 Å². The Morgan fingerprint density at radius 1 is 1.42 bits per heavy atom. The number of rotatable bonds is 8. The van der Waals surface area contributed by atoms with Crippen LogP contribution < -0.4 is 5.32 Å². The molecular formula is C11H23N. The molecule has 0 saturated heterocycles. The minimum absolute atomic E-state index is 0.828. The molecule has 12 heavy (non-hydrogen) atoms. The molecule has 0 heterocycles. The molecule has 0 aromatic carbocycles. The first-order chi connectivity index (χ1) is 5.81. The van der Waals surface area contributed by atoms with Gasteiger partial charge < -0.3 is 5.32 Å². The molecule has 1 N–H and O–H groups in total. The van der Waals surface area contributed by atoms with Crippen LogP contribution in [0.5, 0.6) is 0 Å². The highest BCUT2D eigenvalue weighted by molar-refractivity contribution is 4.66. The highest BCUT2D eigenvalue weighted by Crippen LogP contribution is 2.08. The van der Waals surface area contributed by atoms with Crippen molar-refractivity contribution in [1.82, 2.24) is 5.32 Å². The Balaban J connectivity index is 3.07. The predicted octanol–water partition coefficient (Wildman–Crippen LogP) is 2.98. The van der Waals surface area contributed by atoms with E-state index in [0.29, 0.717) is 0 Å². The summed E-state index contributed by atoms with van der Waals surface area (Å²) >= 11 is 0. The minimum atomic E-state index is 0.828. The molecule has 0 aromatic rings. The summed E-state index contributed by atoms with van der Waals surface area (Å²) in [6.07, 6.45) is 7.18. The van der Waals surface area contributed by atoms with Gasteiger partial charge in [-0.25, -0.2) is 0 Å². The lowest BCUT2D eigenvalue weighted by atomic mass is 10.0. The maximum Gasteiger partial charge on any atom is -0.00233 e. The van der Waals surface area contributed by atoms with Gasteiger partial charge in [0, 0.05) is 0 Å². The lowest BCUT2D eigenvalue weighted by molar-refractivity contribution is 0.466. The summed E-state index contributed by atoms with van der Waals surface area (Å²) in [4.78, 5) is 0. The summed E-state index contributed by atoms with van der Waals surface area (Å²) in [6.45, 7) is 10.5. The minimum Gasteiger partial charge on any atom is -0.317 e. The Morgan fingerprint density at radius 2 is 2.17 bits per heavy atom. The normalized spacial score (nSPS) is 12.8. The second-order valence-electron chi connectivity index (χ2n) is 3.49. The van der Waals surface area contributed by atoms with Crippen molar-refractivity contribution < 1.29 is 0 Å². The molecule has 0 radical (unpaired) electrons. The van der Waals surface area contributed by atoms with Gasteiger partial charge in [0.25, 0.3) is 0 Å². The van der Waals surface area contributed by atoms with E-state index in [1.165, 1.54) is 32.2 Å². The van der Waals surface area contributed by atoms with Crippen LogP contribution in [-0.4, -0.2) is 13.1 Å². The molecule has 0 bridgehead atoms. The average Bonchev–Trinajstić information content (AvgIpc) is 2.09. The Bertz CT molecular complexity index is 99.2. The molecule has 0 saturated carbocycles. The van der Waals surface area contributed by atoms with Crippen LogP contribution in [-0.2, 0) is 0 Å². The molecule has 0 aliphatic carbocycles. The zero-order valence-electron chi connectivity index (χ0n) is 8.60. The van der Waals surface area contributed by atoms with Gasteiger partial charge in [0.05, 0.1) is 0 Å². The van der Waals surface area contributed by atoms with Crippen molar-refractivity contribution in [3.63, 3.8) is 0 Å². The van der Waals surface area contributed by atoms with E-state index < -0.39 is 0 Å². The molecule has 1 unspecified atom stereocenters. The van der Waals surface area contributed by atoms with Crippen LogP contribution in [0.15, 0.2) is 12.7 Å². The van der Waals surface area contributed by atoms with Crippen molar-refractivity contribution in [3.8, 4) is 0 Å². The van der Waals surface area contributed by atoms with Gasteiger partial charge in [-0.1, -0.05) is 26.3 Å². The van der Waals surface area contributed by atoms with E-state index in [0.717, 1.165) is 12.5 Å². The number of allylic oxidation sites excluding steroid dienone is 1. The number of hydrogen-bond acceptors (Lipinski definition) is 1. The fraction of sp³-hybridized carbons (Fsp3) is 0.818. The fourth-order valence-electron chi connectivity index (χ4n) is 1.27. The molecule has 1 atom stereocenters. The van der Waals surface area contributed by atoms with Crippen molar-refractivity contribution in [1.29, 1.82) is 0 Å². The van der Waals surface area contributed by atoms with Crippen molar-refractivity contribution in [3.05, 3.63) is 12.7 Å². The fourth-order valence-corrected chi connectivity index (χ4v) is 1.27. The van der Waals surface area contributed by atoms with Gasteiger partial charge in [-0.05, 0) is 38.3 Å². The van der Waals surface area contributed by atoms with Crippen molar-refractivity contribution in [2.24, 2.45) is 5.92 Å². The van der Waals surface area contributed by atoms with Crippen LogP contribution in [0.3, 0.4) is 0 Å². The lowest BCUT2D eigenvalue weighted by Crippen LogP contribution is -2.20. The van der Waals surface area contributed by atoms with E-state index in [-0.39, 0.29) is 0 Å². The molecule has 0 spiro atoms. The molecule has 72 valence electrons. The lowest BCUT2D eigenvalue weighted by Gasteiger charge is -2.10. The maximum atomic E-state index is 3.71. The van der Waals surface area contributed by atoms with Crippen LogP contribution in [0.25, 0.3) is 0 Å². The molecular weight excluding hydrogens is 146 g/mol. The molecule has 0 amide bonds. The summed E-state index contributed by atoms with van der Waals surface area (Å²) < 4.78 is 0. The van der Waals surface area contributed by atoms with E-state index in [1.54, 1.807) is 0 Å². The van der Waals surface area contributed by atoms with Crippen LogP contribution in [0, 0.1) is 5.92 Å². The van der Waals surface area contributed by atoms with E-state index in [2.05, 4.69) is 25.7 Å². The summed E-state index contributed by atoms with van der Waals surface area (Å²) in [5.41, 5.74) is 0. The van der Waals surface area contributed by atoms with Crippen LogP contribution in [0.2, 0.25) is 0 Å². The highest BCUT2D eigenvalue weighted by Gasteiger charge is 1.99. The first kappa shape index (κ1) is 11.7. The first-order valence-corrected chi connectivity index (χ1v) is 5.12. The van der Waals surface area contributed by atoms with E-state index >= 15 is 0 Å². The smallest absolute Gasteiger partial charge is 0.00233 e. The molecule has 0 aromatic heterocycles. The van der Waals surface area contributed by atoms with Gasteiger partial charge in [0.2, 0.25) is 0 Å². The zero-order chi connectivity index (χ0) is 9.23. The highest BCUT2D eigenvalue weighted by atomic mass is 14.8. The molecule has 0 fully saturated rings. The van der Waals surface area contributed by atoms with E-state index in [9.17, 15) is 0 Å². The van der Waals surface area contributed by atoms with Crippen molar-refractivity contribution in [2.75, 3.05) is 13.1 Å². The summed E-state index contributed by atoms with van der Waals surface area (Å²) in [6, 6.07) is 0. The molecule has 1 heteroatoms. The Morgan fingerprint density at radius 3 is 2.75 bits per heavy atom. The summed E-state index contributed by atoms with van der Waals surface area (Å²) in [7, 11) is 0. The van der Waals surface area contributed by atoms with Crippen LogP contribution in [0.4, 0.5) is 0 Å². The SMILES string of the molecule is C=CCCCCC(C)CNCC. The third-order valence-corrected chi connectivity index (χ3v) is 2.10. The number of hydrogen-bond donors (Lipinski definition) is 1. The van der Waals surface area contributed by atoms with E-state index in [4.69, 9.17) is 0 Å². The van der Waals surface area contributed by atoms with E-state index in [1.807, 2.05) is 6.08 Å². The predicted molar refractivity (Wildman–Crippen MR) is 56.4 cm³/mol. The van der Waals surface area contributed by atoms with Gasteiger partial charge in [0.15, 0.2) is 0 Å². The van der Waals surface area contributed by atoms with Gasteiger partial charge in [-0.3, -0.25) is 0 Å². The average molecular weight is 169 g/mol. The maximum absolute atomic E-state index is 3.71. The van der Waals surface area contributed by atoms with Crippen LogP contribution >= 0.6 is 0 Å². The Hall–Kier alpha value is -0.300. The largest absolute Gasteiger partial charge is 0.317 e. The van der Waals surface area contributed by atoms with Gasteiger partial charge in [0.1, 0.15) is 0 Å². The van der Waals surface area contributed by atoms with Crippen molar-refractivity contribution in [2.45, 2.75) is 39.5 Å². The standard InChI is InChI=1S/C11H23N/c1-4-6-7-8-9-11(3)10-12-5-2/h4,11-12H,1,5-10H2,2-3H3. The number of nitrogens with one attached hydrogen (secondary N) is 1. The molecule has 0 rings (SSSR count). The first-order valence-electron chi connectivity index (χ1n) is 5.12.